The van der Waals surface area contributed by atoms with Crippen molar-refractivity contribution >= 4 is 21.8 Å². The number of nitrogens with zero attached hydrogens (tertiary/aromatic N) is 7. The van der Waals surface area contributed by atoms with Gasteiger partial charge >= 0.3 is 0 Å². The molecule has 0 bridgehead atoms. The lowest BCUT2D eigenvalue weighted by molar-refractivity contribution is 1.15. The molecule has 0 N–H and O–H groups in total. The van der Waals surface area contributed by atoms with Crippen LogP contribution in [0, 0.1) is 22.7 Å². The van der Waals surface area contributed by atoms with E-state index < -0.39 is 0 Å². The quantitative estimate of drug-likeness (QED) is 0.143. The van der Waals surface area contributed by atoms with Crippen molar-refractivity contribution in [3.63, 3.8) is 0 Å². The molecule has 7 heteroatoms. The van der Waals surface area contributed by atoms with Crippen LogP contribution in [0.5, 0.6) is 0 Å². The van der Waals surface area contributed by atoms with E-state index in [4.69, 9.17) is 19.9 Å². The van der Waals surface area contributed by atoms with Gasteiger partial charge in [0.1, 0.15) is 0 Å². The molecule has 0 aliphatic heterocycles. The average Bonchev–Trinajstić information content (AvgIpc) is 3.78. The Morgan fingerprint density at radius 2 is 0.676 bits per heavy atom. The Bertz CT molecular complexity index is 3830. The monoisotopic (exact) mass is 905 g/mol. The van der Waals surface area contributed by atoms with Gasteiger partial charge in [-0.3, -0.25) is 0 Å². The standard InChI is InChI=1S/C64H39N7/c65-40-49-25-13-15-27-51(49)46-29-32-53-54-33-30-47(52-28-16-14-26-50(52)41-66)37-62(54)71(61(53)36-46)60-34-31-48(58-38-56(42-17-5-1-6-18-42)67-63(69-58)44-21-9-3-10-22-44)35-55(60)59-39-57(43-19-7-2-8-20-43)68-64(70-59)45-23-11-4-12-24-45/h1-39H. The van der Waals surface area contributed by atoms with Gasteiger partial charge in [0.2, 0.25) is 0 Å². The van der Waals surface area contributed by atoms with E-state index in [1.165, 1.54) is 0 Å². The maximum absolute atomic E-state index is 10.3. The van der Waals surface area contributed by atoms with Gasteiger partial charge in [0, 0.05) is 44.2 Å². The van der Waals surface area contributed by atoms with E-state index in [0.717, 1.165) is 100 Å². The fourth-order valence-corrected chi connectivity index (χ4v) is 9.50. The zero-order valence-corrected chi connectivity index (χ0v) is 38.1. The summed E-state index contributed by atoms with van der Waals surface area (Å²) in [4.78, 5) is 21.0. The molecule has 0 aliphatic rings. The van der Waals surface area contributed by atoms with E-state index in [1.807, 2.05) is 146 Å². The smallest absolute Gasteiger partial charge is 0.160 e. The van der Waals surface area contributed by atoms with Crippen LogP contribution in [0.3, 0.4) is 0 Å². The Hall–Kier alpha value is -10.1. The maximum atomic E-state index is 10.3. The van der Waals surface area contributed by atoms with Crippen molar-refractivity contribution in [2.75, 3.05) is 0 Å². The molecule has 12 aromatic rings. The second kappa shape index (κ2) is 18.2. The van der Waals surface area contributed by atoms with Gasteiger partial charge in [-0.15, -0.1) is 0 Å². The summed E-state index contributed by atoms with van der Waals surface area (Å²) >= 11 is 0. The number of aromatic nitrogens is 5. The molecule has 71 heavy (non-hydrogen) atoms. The average molecular weight is 906 g/mol. The van der Waals surface area contributed by atoms with Gasteiger partial charge in [-0.25, -0.2) is 19.9 Å². The van der Waals surface area contributed by atoms with Crippen molar-refractivity contribution in [1.29, 1.82) is 10.5 Å². The van der Waals surface area contributed by atoms with Crippen molar-refractivity contribution in [3.8, 4) is 108 Å². The van der Waals surface area contributed by atoms with Gasteiger partial charge in [0.15, 0.2) is 11.6 Å². The fourth-order valence-electron chi connectivity index (χ4n) is 9.50. The van der Waals surface area contributed by atoms with Crippen LogP contribution in [0.15, 0.2) is 237 Å². The number of hydrogen-bond donors (Lipinski definition) is 0. The molecule has 0 radical (unpaired) electrons. The third-order valence-electron chi connectivity index (χ3n) is 12.9. The topological polar surface area (TPSA) is 104 Å². The van der Waals surface area contributed by atoms with E-state index in [1.54, 1.807) is 0 Å². The molecule has 0 saturated heterocycles. The molecule has 0 atom stereocenters. The molecule has 0 saturated carbocycles. The van der Waals surface area contributed by atoms with Gasteiger partial charge < -0.3 is 4.57 Å². The largest absolute Gasteiger partial charge is 0.309 e. The molecule has 0 fully saturated rings. The zero-order chi connectivity index (χ0) is 47.7. The minimum atomic E-state index is 0.589. The Labute approximate surface area is 410 Å². The molecule has 0 unspecified atom stereocenters. The van der Waals surface area contributed by atoms with Crippen molar-refractivity contribution in [2.45, 2.75) is 0 Å². The first-order valence-electron chi connectivity index (χ1n) is 23.3. The van der Waals surface area contributed by atoms with Crippen LogP contribution in [0.2, 0.25) is 0 Å². The van der Waals surface area contributed by atoms with Crippen LogP contribution < -0.4 is 0 Å². The Balaban J connectivity index is 1.19. The molecule has 9 aromatic carbocycles. The third-order valence-corrected chi connectivity index (χ3v) is 12.9. The summed E-state index contributed by atoms with van der Waals surface area (Å²) < 4.78 is 2.30. The summed E-state index contributed by atoms with van der Waals surface area (Å²) in [6.07, 6.45) is 0. The van der Waals surface area contributed by atoms with Gasteiger partial charge in [-0.2, -0.15) is 10.5 Å². The molecule has 330 valence electrons. The highest BCUT2D eigenvalue weighted by molar-refractivity contribution is 6.12. The van der Waals surface area contributed by atoms with E-state index in [9.17, 15) is 10.5 Å². The number of nitriles is 2. The lowest BCUT2D eigenvalue weighted by atomic mass is 9.98. The summed E-state index contributed by atoms with van der Waals surface area (Å²) in [7, 11) is 0. The van der Waals surface area contributed by atoms with Crippen LogP contribution in [0.4, 0.5) is 0 Å². The highest BCUT2D eigenvalue weighted by Gasteiger charge is 2.22. The minimum absolute atomic E-state index is 0.589. The molecule has 3 aromatic heterocycles. The second-order valence-corrected chi connectivity index (χ2v) is 17.2. The first kappa shape index (κ1) is 42.3. The molecule has 3 heterocycles. The van der Waals surface area contributed by atoms with Crippen molar-refractivity contribution < 1.29 is 0 Å². The SMILES string of the molecule is N#Cc1ccccc1-c1ccc2c3ccc(-c4ccccc4C#N)cc3n(-c3ccc(-c4cc(-c5ccccc5)nc(-c5ccccc5)n4)cc3-c3cc(-c4ccccc4)nc(-c4ccccc4)n3)c2c1. The molecule has 0 aliphatic carbocycles. The van der Waals surface area contributed by atoms with E-state index in [-0.39, 0.29) is 0 Å². The molecule has 12 rings (SSSR count). The number of rotatable bonds is 9. The summed E-state index contributed by atoms with van der Waals surface area (Å²) in [6, 6.07) is 84.3. The molecule has 7 nitrogen and oxygen atoms in total. The Kier molecular flexibility index (Phi) is 10.8. The molecule has 0 spiro atoms. The highest BCUT2D eigenvalue weighted by Crippen LogP contribution is 2.42. The van der Waals surface area contributed by atoms with Crippen LogP contribution in [0.25, 0.3) is 118 Å². The summed E-state index contributed by atoms with van der Waals surface area (Å²) in [6.45, 7) is 0. The fraction of sp³-hybridized carbons (Fsp3) is 0. The number of benzene rings is 9. The number of hydrogen-bond acceptors (Lipinski definition) is 6. The zero-order valence-electron chi connectivity index (χ0n) is 38.1. The lowest BCUT2D eigenvalue weighted by Gasteiger charge is -2.18. The lowest BCUT2D eigenvalue weighted by Crippen LogP contribution is -2.02. The Morgan fingerprint density at radius 3 is 1.14 bits per heavy atom. The van der Waals surface area contributed by atoms with Crippen LogP contribution in [-0.4, -0.2) is 24.5 Å². The molecular formula is C64H39N7. The summed E-state index contributed by atoms with van der Waals surface area (Å²) in [5.74, 6) is 1.20. The van der Waals surface area contributed by atoms with Gasteiger partial charge in [0.05, 0.1) is 62.8 Å². The molecule has 0 amide bonds. The van der Waals surface area contributed by atoms with E-state index >= 15 is 0 Å². The van der Waals surface area contributed by atoms with Crippen LogP contribution in [0.1, 0.15) is 11.1 Å². The van der Waals surface area contributed by atoms with E-state index in [0.29, 0.717) is 28.5 Å². The van der Waals surface area contributed by atoms with E-state index in [2.05, 4.69) is 108 Å². The Morgan fingerprint density at radius 1 is 0.296 bits per heavy atom. The van der Waals surface area contributed by atoms with Crippen molar-refractivity contribution in [1.82, 2.24) is 24.5 Å². The van der Waals surface area contributed by atoms with Gasteiger partial charge in [-0.05, 0) is 70.8 Å². The second-order valence-electron chi connectivity index (χ2n) is 17.2. The number of fused-ring (bicyclic) bond motifs is 3. The summed E-state index contributed by atoms with van der Waals surface area (Å²) in [5, 5.41) is 22.6. The normalized spacial score (nSPS) is 11.1. The predicted molar refractivity (Wildman–Crippen MR) is 285 cm³/mol. The highest BCUT2D eigenvalue weighted by atomic mass is 15.0. The molecular weight excluding hydrogens is 867 g/mol. The van der Waals surface area contributed by atoms with Gasteiger partial charge in [-0.1, -0.05) is 188 Å². The van der Waals surface area contributed by atoms with Gasteiger partial charge in [0.25, 0.3) is 0 Å². The van der Waals surface area contributed by atoms with Crippen LogP contribution in [-0.2, 0) is 0 Å². The van der Waals surface area contributed by atoms with Crippen LogP contribution >= 0.6 is 0 Å². The first-order chi connectivity index (χ1) is 35.1. The minimum Gasteiger partial charge on any atom is -0.309 e. The summed E-state index contributed by atoms with van der Waals surface area (Å²) in [5.41, 5.74) is 15.9. The van der Waals surface area contributed by atoms with Crippen molar-refractivity contribution in [3.05, 3.63) is 248 Å². The predicted octanol–water partition coefficient (Wildman–Crippen LogP) is 15.4. The first-order valence-corrected chi connectivity index (χ1v) is 23.3. The van der Waals surface area contributed by atoms with Crippen molar-refractivity contribution in [2.24, 2.45) is 0 Å². The maximum Gasteiger partial charge on any atom is 0.160 e. The third kappa shape index (κ3) is 7.96.